The number of amides is 1. The van der Waals surface area contributed by atoms with Crippen LogP contribution in [0.3, 0.4) is 0 Å². The van der Waals surface area contributed by atoms with Crippen molar-refractivity contribution < 1.29 is 23.7 Å². The summed E-state index contributed by atoms with van der Waals surface area (Å²) in [6, 6.07) is 7.06. The average molecular weight is 489 g/mol. The van der Waals surface area contributed by atoms with Crippen molar-refractivity contribution in [2.45, 2.75) is 45.6 Å². The standard InChI is InChI=1S/C23H21ClN2O6S/c1-12(2)31-23(28)20-15-5-3-4-6-19(15)33-22(20)25-21(27)18-10-9-17(32-18)14-8-7-13(26(29)30)11-16(14)24/h7-12H,3-6H2,1-2H3,(H,25,27). The molecule has 0 spiro atoms. The Morgan fingerprint density at radius 1 is 1.21 bits per heavy atom. The number of non-ortho nitro benzene ring substituents is 1. The molecule has 0 aliphatic heterocycles. The highest BCUT2D eigenvalue weighted by Gasteiger charge is 2.28. The van der Waals surface area contributed by atoms with Crippen LogP contribution in [0.2, 0.25) is 5.02 Å². The monoisotopic (exact) mass is 488 g/mol. The number of halogens is 1. The van der Waals surface area contributed by atoms with Gasteiger partial charge in [0.1, 0.15) is 10.8 Å². The van der Waals surface area contributed by atoms with Gasteiger partial charge in [0.25, 0.3) is 11.6 Å². The van der Waals surface area contributed by atoms with Crippen molar-refractivity contribution in [3.63, 3.8) is 0 Å². The second kappa shape index (κ2) is 9.36. The fourth-order valence-electron chi connectivity index (χ4n) is 3.73. The third-order valence-corrected chi connectivity index (χ3v) is 6.72. The van der Waals surface area contributed by atoms with Gasteiger partial charge in [0.15, 0.2) is 5.76 Å². The summed E-state index contributed by atoms with van der Waals surface area (Å²) in [4.78, 5) is 37.2. The highest BCUT2D eigenvalue weighted by Crippen LogP contribution is 2.39. The summed E-state index contributed by atoms with van der Waals surface area (Å²) in [6.07, 6.45) is 3.38. The van der Waals surface area contributed by atoms with Crippen molar-refractivity contribution in [1.29, 1.82) is 0 Å². The number of carbonyl (C=O) groups is 2. The lowest BCUT2D eigenvalue weighted by atomic mass is 9.95. The number of aryl methyl sites for hydroxylation is 1. The summed E-state index contributed by atoms with van der Waals surface area (Å²) in [7, 11) is 0. The Labute approximate surface area is 198 Å². The fraction of sp³-hybridized carbons (Fsp3) is 0.304. The Morgan fingerprint density at radius 2 is 1.97 bits per heavy atom. The molecule has 4 rings (SSSR count). The molecular weight excluding hydrogens is 468 g/mol. The molecule has 0 atom stereocenters. The second-order valence-electron chi connectivity index (χ2n) is 7.91. The van der Waals surface area contributed by atoms with Crippen molar-refractivity contribution in [2.24, 2.45) is 0 Å². The molecule has 3 aromatic rings. The van der Waals surface area contributed by atoms with Crippen LogP contribution in [0.5, 0.6) is 0 Å². The van der Waals surface area contributed by atoms with Gasteiger partial charge in [-0.1, -0.05) is 11.6 Å². The topological polar surface area (TPSA) is 112 Å². The van der Waals surface area contributed by atoms with Gasteiger partial charge in [-0.2, -0.15) is 0 Å². The van der Waals surface area contributed by atoms with Gasteiger partial charge in [-0.05, 0) is 63.3 Å². The molecule has 1 aromatic carbocycles. The summed E-state index contributed by atoms with van der Waals surface area (Å²) in [5.74, 6) is -0.645. The number of nitro benzene ring substituents is 1. The number of nitrogens with one attached hydrogen (secondary N) is 1. The maximum Gasteiger partial charge on any atom is 0.341 e. The molecule has 0 saturated carbocycles. The summed E-state index contributed by atoms with van der Waals surface area (Å²) in [6.45, 7) is 3.56. The first-order chi connectivity index (χ1) is 15.7. The van der Waals surface area contributed by atoms with E-state index in [0.29, 0.717) is 21.9 Å². The van der Waals surface area contributed by atoms with Crippen LogP contribution in [-0.2, 0) is 17.6 Å². The Hall–Kier alpha value is -3.17. The van der Waals surface area contributed by atoms with Gasteiger partial charge < -0.3 is 14.5 Å². The predicted molar refractivity (Wildman–Crippen MR) is 125 cm³/mol. The van der Waals surface area contributed by atoms with Gasteiger partial charge >= 0.3 is 5.97 Å². The van der Waals surface area contributed by atoms with Crippen LogP contribution in [0.25, 0.3) is 11.3 Å². The lowest BCUT2D eigenvalue weighted by Gasteiger charge is -2.14. The molecule has 10 heteroatoms. The Kier molecular flexibility index (Phi) is 6.53. The highest BCUT2D eigenvalue weighted by molar-refractivity contribution is 7.17. The van der Waals surface area contributed by atoms with Crippen molar-refractivity contribution in [1.82, 2.24) is 0 Å². The molecular formula is C23H21ClN2O6S. The van der Waals surface area contributed by atoms with Crippen LogP contribution in [0.15, 0.2) is 34.7 Å². The SMILES string of the molecule is CC(C)OC(=O)c1c(NC(=O)c2ccc(-c3ccc([N+](=O)[O-])cc3Cl)o2)sc2c1CCCC2. The molecule has 1 N–H and O–H groups in total. The van der Waals surface area contributed by atoms with Gasteiger partial charge in [0.2, 0.25) is 0 Å². The number of carbonyl (C=O) groups excluding carboxylic acids is 2. The zero-order valence-electron chi connectivity index (χ0n) is 18.0. The maximum absolute atomic E-state index is 12.9. The number of hydrogen-bond acceptors (Lipinski definition) is 7. The summed E-state index contributed by atoms with van der Waals surface area (Å²) in [5, 5.41) is 14.3. The first-order valence-corrected chi connectivity index (χ1v) is 11.6. The van der Waals surface area contributed by atoms with E-state index in [-0.39, 0.29) is 22.6 Å². The van der Waals surface area contributed by atoms with E-state index in [1.807, 2.05) is 0 Å². The van der Waals surface area contributed by atoms with Crippen LogP contribution < -0.4 is 5.32 Å². The second-order valence-corrected chi connectivity index (χ2v) is 9.42. The number of nitro groups is 1. The number of anilines is 1. The number of nitrogens with zero attached hydrogens (tertiary/aromatic N) is 1. The molecule has 0 saturated heterocycles. The Morgan fingerprint density at radius 3 is 2.67 bits per heavy atom. The summed E-state index contributed by atoms with van der Waals surface area (Å²) < 4.78 is 11.1. The molecule has 0 radical (unpaired) electrons. The lowest BCUT2D eigenvalue weighted by molar-refractivity contribution is -0.384. The van der Waals surface area contributed by atoms with Crippen LogP contribution in [0, 0.1) is 10.1 Å². The van der Waals surface area contributed by atoms with Crippen LogP contribution in [0.4, 0.5) is 10.7 Å². The lowest BCUT2D eigenvalue weighted by Crippen LogP contribution is -2.17. The molecule has 0 bridgehead atoms. The summed E-state index contributed by atoms with van der Waals surface area (Å²) in [5.41, 5.74) is 1.65. The average Bonchev–Trinajstić information content (AvgIpc) is 3.37. The third-order valence-electron chi connectivity index (χ3n) is 5.20. The zero-order chi connectivity index (χ0) is 23.7. The number of ether oxygens (including phenoxy) is 1. The van der Waals surface area contributed by atoms with E-state index >= 15 is 0 Å². The fourth-order valence-corrected chi connectivity index (χ4v) is 5.27. The Balaban J connectivity index is 1.60. The maximum atomic E-state index is 12.9. The normalized spacial score (nSPS) is 13.0. The molecule has 1 amide bonds. The minimum Gasteiger partial charge on any atom is -0.459 e. The molecule has 2 aromatic heterocycles. The number of hydrogen-bond donors (Lipinski definition) is 1. The van der Waals surface area contributed by atoms with E-state index in [1.165, 1.54) is 35.6 Å². The minimum atomic E-state index is -0.542. The smallest absolute Gasteiger partial charge is 0.341 e. The van der Waals surface area contributed by atoms with Gasteiger partial charge in [0.05, 0.1) is 21.6 Å². The third kappa shape index (κ3) is 4.79. The van der Waals surface area contributed by atoms with E-state index in [1.54, 1.807) is 19.9 Å². The number of thiophene rings is 1. The molecule has 2 heterocycles. The van der Waals surface area contributed by atoms with Crippen LogP contribution >= 0.6 is 22.9 Å². The molecule has 0 unspecified atom stereocenters. The largest absolute Gasteiger partial charge is 0.459 e. The first-order valence-electron chi connectivity index (χ1n) is 10.5. The summed E-state index contributed by atoms with van der Waals surface area (Å²) >= 11 is 7.56. The van der Waals surface area contributed by atoms with E-state index in [4.69, 9.17) is 20.8 Å². The van der Waals surface area contributed by atoms with Gasteiger partial charge in [-0.25, -0.2) is 4.79 Å². The first kappa shape index (κ1) is 23.0. The van der Waals surface area contributed by atoms with Gasteiger partial charge in [0, 0.05) is 22.6 Å². The molecule has 0 fully saturated rings. The number of esters is 1. The molecule has 8 nitrogen and oxygen atoms in total. The van der Waals surface area contributed by atoms with E-state index in [0.717, 1.165) is 36.1 Å². The van der Waals surface area contributed by atoms with Crippen LogP contribution in [0.1, 0.15) is 58.0 Å². The van der Waals surface area contributed by atoms with E-state index in [2.05, 4.69) is 5.32 Å². The number of benzene rings is 1. The van der Waals surface area contributed by atoms with Crippen molar-refractivity contribution in [3.05, 3.63) is 67.2 Å². The molecule has 1 aliphatic rings. The number of fused-ring (bicyclic) bond motifs is 1. The molecule has 33 heavy (non-hydrogen) atoms. The molecule has 1 aliphatic carbocycles. The minimum absolute atomic E-state index is 0.0222. The van der Waals surface area contributed by atoms with E-state index in [9.17, 15) is 19.7 Å². The van der Waals surface area contributed by atoms with Gasteiger partial charge in [-0.3, -0.25) is 14.9 Å². The highest BCUT2D eigenvalue weighted by atomic mass is 35.5. The Bertz CT molecular complexity index is 1250. The zero-order valence-corrected chi connectivity index (χ0v) is 19.5. The number of rotatable bonds is 6. The predicted octanol–water partition coefficient (Wildman–Crippen LogP) is 6.27. The molecule has 172 valence electrons. The van der Waals surface area contributed by atoms with Crippen molar-refractivity contribution in [2.75, 3.05) is 5.32 Å². The van der Waals surface area contributed by atoms with Crippen LogP contribution in [-0.4, -0.2) is 22.9 Å². The van der Waals surface area contributed by atoms with E-state index < -0.39 is 16.8 Å². The van der Waals surface area contributed by atoms with Crippen molar-refractivity contribution >= 4 is 45.5 Å². The quantitative estimate of drug-likeness (QED) is 0.249. The van der Waals surface area contributed by atoms with Gasteiger partial charge in [-0.15, -0.1) is 11.3 Å². The number of furan rings is 1. The van der Waals surface area contributed by atoms with Crippen molar-refractivity contribution in [3.8, 4) is 11.3 Å².